The van der Waals surface area contributed by atoms with Crippen LogP contribution in [0.4, 0.5) is 10.1 Å². The number of nitrogens with one attached hydrogen (secondary N) is 1. The zero-order valence-electron chi connectivity index (χ0n) is 13.2. The molecule has 1 aromatic heterocycles. The Hall–Kier alpha value is -1.63. The van der Waals surface area contributed by atoms with Gasteiger partial charge < -0.3 is 10.1 Å². The summed E-state index contributed by atoms with van der Waals surface area (Å²) in [4.78, 5) is 0. The third kappa shape index (κ3) is 2.18. The molecule has 22 heavy (non-hydrogen) atoms. The molecule has 0 unspecified atom stereocenters. The van der Waals surface area contributed by atoms with E-state index < -0.39 is 5.54 Å². The SMILES string of the molecule is Cc1nnc2n1-c1c(cc(OC(C)C)c(Br)c1F)NC2(C)C. The lowest BCUT2D eigenvalue weighted by Gasteiger charge is -2.34. The Bertz CT molecular complexity index is 754. The Balaban J connectivity index is 2.28. The molecule has 0 radical (unpaired) electrons. The van der Waals surface area contributed by atoms with Crippen molar-refractivity contribution in [1.29, 1.82) is 0 Å². The monoisotopic (exact) mass is 368 g/mol. The van der Waals surface area contributed by atoms with Gasteiger partial charge in [0, 0.05) is 6.07 Å². The van der Waals surface area contributed by atoms with Gasteiger partial charge in [-0.3, -0.25) is 4.57 Å². The maximum absolute atomic E-state index is 14.9. The van der Waals surface area contributed by atoms with E-state index in [2.05, 4.69) is 31.4 Å². The van der Waals surface area contributed by atoms with Crippen molar-refractivity contribution in [3.8, 4) is 11.4 Å². The van der Waals surface area contributed by atoms with Crippen LogP contribution in [0.5, 0.6) is 5.75 Å². The number of ether oxygens (including phenoxy) is 1. The van der Waals surface area contributed by atoms with Crippen LogP contribution in [0.1, 0.15) is 39.3 Å². The number of fused-ring (bicyclic) bond motifs is 3. The normalized spacial score (nSPS) is 15.3. The number of nitrogens with zero attached hydrogens (tertiary/aromatic N) is 3. The maximum Gasteiger partial charge on any atom is 0.167 e. The molecule has 1 aromatic carbocycles. The molecule has 1 aliphatic rings. The minimum atomic E-state index is -0.455. The Morgan fingerprint density at radius 1 is 1.36 bits per heavy atom. The molecule has 118 valence electrons. The van der Waals surface area contributed by atoms with E-state index in [4.69, 9.17) is 4.74 Å². The smallest absolute Gasteiger partial charge is 0.167 e. The van der Waals surface area contributed by atoms with Crippen LogP contribution in [0.3, 0.4) is 0 Å². The van der Waals surface area contributed by atoms with Crippen LogP contribution in [-0.2, 0) is 5.54 Å². The number of anilines is 1. The summed E-state index contributed by atoms with van der Waals surface area (Å²) < 4.78 is 22.7. The number of benzene rings is 1. The highest BCUT2D eigenvalue weighted by Crippen LogP contribution is 2.43. The van der Waals surface area contributed by atoms with Gasteiger partial charge in [0.15, 0.2) is 11.6 Å². The van der Waals surface area contributed by atoms with Gasteiger partial charge in [0.05, 0.1) is 21.8 Å². The van der Waals surface area contributed by atoms with Crippen LogP contribution < -0.4 is 10.1 Å². The van der Waals surface area contributed by atoms with Crippen LogP contribution in [0.15, 0.2) is 10.5 Å². The van der Waals surface area contributed by atoms with E-state index in [0.717, 1.165) is 0 Å². The predicted molar refractivity (Wildman–Crippen MR) is 86.2 cm³/mol. The fourth-order valence-corrected chi connectivity index (χ4v) is 3.07. The number of hydrogen-bond acceptors (Lipinski definition) is 4. The second kappa shape index (κ2) is 4.94. The first kappa shape index (κ1) is 15.3. The summed E-state index contributed by atoms with van der Waals surface area (Å²) in [6, 6.07) is 1.81. The average Bonchev–Trinajstić information content (AvgIpc) is 2.78. The highest BCUT2D eigenvalue weighted by molar-refractivity contribution is 9.10. The lowest BCUT2D eigenvalue weighted by molar-refractivity contribution is 0.239. The Morgan fingerprint density at radius 3 is 2.68 bits per heavy atom. The van der Waals surface area contributed by atoms with E-state index in [1.54, 1.807) is 4.57 Å². The first-order chi connectivity index (χ1) is 10.2. The summed E-state index contributed by atoms with van der Waals surface area (Å²) in [6.45, 7) is 9.59. The van der Waals surface area contributed by atoms with Crippen LogP contribution >= 0.6 is 15.9 Å². The average molecular weight is 369 g/mol. The zero-order chi connectivity index (χ0) is 16.2. The van der Waals surface area contributed by atoms with Crippen LogP contribution in [0.2, 0.25) is 0 Å². The molecule has 0 aliphatic carbocycles. The van der Waals surface area contributed by atoms with Crippen LogP contribution in [-0.4, -0.2) is 20.9 Å². The van der Waals surface area contributed by atoms with E-state index in [0.29, 0.717) is 33.2 Å². The van der Waals surface area contributed by atoms with Crippen molar-refractivity contribution >= 4 is 21.6 Å². The van der Waals surface area contributed by atoms with Crippen molar-refractivity contribution in [2.75, 3.05) is 5.32 Å². The van der Waals surface area contributed by atoms with Gasteiger partial charge in [-0.25, -0.2) is 4.39 Å². The number of aryl methyl sites for hydroxylation is 1. The highest BCUT2D eigenvalue weighted by Gasteiger charge is 2.37. The van der Waals surface area contributed by atoms with E-state index in [1.807, 2.05) is 40.7 Å². The van der Waals surface area contributed by atoms with Crippen LogP contribution in [0.25, 0.3) is 5.69 Å². The zero-order valence-corrected chi connectivity index (χ0v) is 14.7. The van der Waals surface area contributed by atoms with Gasteiger partial charge in [-0.1, -0.05) is 0 Å². The van der Waals surface area contributed by atoms with E-state index in [-0.39, 0.29) is 11.9 Å². The van der Waals surface area contributed by atoms with E-state index in [1.165, 1.54) is 0 Å². The standard InChI is InChI=1S/C15H18BrFN4O/c1-7(2)22-10-6-9-13(12(17)11(10)16)21-8(3)19-20-14(21)15(4,5)18-9/h6-7,18H,1-5H3. The lowest BCUT2D eigenvalue weighted by Crippen LogP contribution is -2.36. The molecule has 1 N–H and O–H groups in total. The van der Waals surface area contributed by atoms with Gasteiger partial charge in [-0.05, 0) is 50.5 Å². The third-order valence-electron chi connectivity index (χ3n) is 3.56. The number of rotatable bonds is 2. The molecule has 0 saturated carbocycles. The number of aromatic nitrogens is 3. The molecule has 0 bridgehead atoms. The fourth-order valence-electron chi connectivity index (χ4n) is 2.67. The summed E-state index contributed by atoms with van der Waals surface area (Å²) in [7, 11) is 0. The number of hydrogen-bond donors (Lipinski definition) is 1. The summed E-state index contributed by atoms with van der Waals surface area (Å²) >= 11 is 3.30. The van der Waals surface area contributed by atoms with Gasteiger partial charge in [0.1, 0.15) is 17.3 Å². The van der Waals surface area contributed by atoms with Crippen molar-refractivity contribution in [2.24, 2.45) is 0 Å². The minimum Gasteiger partial charge on any atom is -0.490 e. The molecule has 2 aromatic rings. The largest absolute Gasteiger partial charge is 0.490 e. The maximum atomic E-state index is 14.9. The summed E-state index contributed by atoms with van der Waals surface area (Å²) in [5, 5.41) is 11.6. The first-order valence-corrected chi connectivity index (χ1v) is 7.91. The highest BCUT2D eigenvalue weighted by atomic mass is 79.9. The van der Waals surface area contributed by atoms with E-state index in [9.17, 15) is 4.39 Å². The van der Waals surface area contributed by atoms with Crippen molar-refractivity contribution in [1.82, 2.24) is 14.8 Å². The Morgan fingerprint density at radius 2 is 2.05 bits per heavy atom. The summed E-state index contributed by atoms with van der Waals surface area (Å²) in [5.41, 5.74) is 0.625. The second-order valence-electron chi connectivity index (χ2n) is 6.22. The predicted octanol–water partition coefficient (Wildman–Crippen LogP) is 3.93. The molecule has 2 heterocycles. The van der Waals surface area contributed by atoms with Crippen molar-refractivity contribution in [2.45, 2.75) is 46.3 Å². The fraction of sp³-hybridized carbons (Fsp3) is 0.467. The first-order valence-electron chi connectivity index (χ1n) is 7.12. The summed E-state index contributed by atoms with van der Waals surface area (Å²) in [6.07, 6.45) is -0.0439. The third-order valence-corrected chi connectivity index (χ3v) is 4.30. The lowest BCUT2D eigenvalue weighted by atomic mass is 10.00. The van der Waals surface area contributed by atoms with Crippen molar-refractivity contribution < 1.29 is 9.13 Å². The molecule has 0 atom stereocenters. The Labute approximate surface area is 137 Å². The quantitative estimate of drug-likeness (QED) is 0.872. The minimum absolute atomic E-state index is 0.0439. The molecule has 3 rings (SSSR count). The molecule has 0 fully saturated rings. The molecule has 0 saturated heterocycles. The second-order valence-corrected chi connectivity index (χ2v) is 7.01. The van der Waals surface area contributed by atoms with Gasteiger partial charge in [0.25, 0.3) is 0 Å². The molecule has 1 aliphatic heterocycles. The molecule has 0 amide bonds. The molecule has 5 nitrogen and oxygen atoms in total. The molecular weight excluding hydrogens is 351 g/mol. The van der Waals surface area contributed by atoms with Gasteiger partial charge in [0.2, 0.25) is 0 Å². The van der Waals surface area contributed by atoms with Gasteiger partial charge in [-0.2, -0.15) is 0 Å². The molecular formula is C15H18BrFN4O. The van der Waals surface area contributed by atoms with Crippen molar-refractivity contribution in [3.63, 3.8) is 0 Å². The van der Waals surface area contributed by atoms with Crippen molar-refractivity contribution in [3.05, 3.63) is 28.0 Å². The summed E-state index contributed by atoms with van der Waals surface area (Å²) in [5.74, 6) is 1.42. The van der Waals surface area contributed by atoms with Gasteiger partial charge >= 0.3 is 0 Å². The number of halogens is 2. The molecule has 0 spiro atoms. The molecule has 7 heteroatoms. The van der Waals surface area contributed by atoms with Crippen LogP contribution in [0, 0.1) is 12.7 Å². The van der Waals surface area contributed by atoms with E-state index >= 15 is 0 Å². The van der Waals surface area contributed by atoms with Gasteiger partial charge in [-0.15, -0.1) is 10.2 Å². The topological polar surface area (TPSA) is 52.0 Å². The Kier molecular flexibility index (Phi) is 3.43.